The van der Waals surface area contributed by atoms with E-state index >= 15 is 0 Å². The summed E-state index contributed by atoms with van der Waals surface area (Å²) in [5.74, 6) is 0. The number of carbonyl (C=O) groups excluding carboxylic acids is 1. The first-order valence-corrected chi connectivity index (χ1v) is 7.85. The zero-order valence-corrected chi connectivity index (χ0v) is 13.6. The number of anilines is 1. The molecule has 5 heteroatoms. The number of amides is 2. The minimum atomic E-state index is -0.269. The van der Waals surface area contributed by atoms with E-state index in [9.17, 15) is 4.79 Å². The summed E-state index contributed by atoms with van der Waals surface area (Å²) in [6.45, 7) is 1.91. The average Bonchev–Trinajstić information content (AvgIpc) is 3.23. The van der Waals surface area contributed by atoms with Crippen molar-refractivity contribution in [2.75, 3.05) is 5.32 Å². The first-order chi connectivity index (χ1) is 10.5. The molecule has 3 nitrogen and oxygen atoms in total. The molecule has 0 aromatic heterocycles. The Labute approximate surface area is 139 Å². The van der Waals surface area contributed by atoms with Gasteiger partial charge in [-0.1, -0.05) is 35.3 Å². The Hall–Kier alpha value is -1.71. The lowest BCUT2D eigenvalue weighted by Crippen LogP contribution is -2.38. The van der Waals surface area contributed by atoms with Crippen LogP contribution in [0.5, 0.6) is 0 Å². The van der Waals surface area contributed by atoms with E-state index in [4.69, 9.17) is 23.2 Å². The van der Waals surface area contributed by atoms with E-state index in [1.807, 2.05) is 37.3 Å². The van der Waals surface area contributed by atoms with Gasteiger partial charge in [0.1, 0.15) is 0 Å². The monoisotopic (exact) mass is 334 g/mol. The Balaban J connectivity index is 1.70. The smallest absolute Gasteiger partial charge is 0.319 e. The Morgan fingerprint density at radius 2 is 1.68 bits per heavy atom. The number of aryl methyl sites for hydroxylation is 1. The highest BCUT2D eigenvalue weighted by Gasteiger charge is 2.45. The molecule has 0 aliphatic heterocycles. The third kappa shape index (κ3) is 3.21. The first kappa shape index (κ1) is 15.2. The molecule has 0 saturated heterocycles. The molecule has 0 bridgehead atoms. The highest BCUT2D eigenvalue weighted by atomic mass is 35.5. The van der Waals surface area contributed by atoms with Gasteiger partial charge in [0.25, 0.3) is 0 Å². The molecule has 2 aromatic carbocycles. The zero-order valence-electron chi connectivity index (χ0n) is 12.1. The number of benzene rings is 2. The molecule has 1 aliphatic carbocycles. The van der Waals surface area contributed by atoms with Gasteiger partial charge in [0, 0.05) is 15.7 Å². The molecule has 1 aliphatic rings. The van der Waals surface area contributed by atoms with Crippen molar-refractivity contribution in [1.29, 1.82) is 0 Å². The molecule has 2 aromatic rings. The molecule has 2 amide bonds. The van der Waals surface area contributed by atoms with Gasteiger partial charge in [-0.2, -0.15) is 0 Å². The molecule has 22 heavy (non-hydrogen) atoms. The second kappa shape index (κ2) is 5.82. The second-order valence-corrected chi connectivity index (χ2v) is 6.50. The molecule has 1 saturated carbocycles. The lowest BCUT2D eigenvalue weighted by molar-refractivity contribution is 0.247. The van der Waals surface area contributed by atoms with Gasteiger partial charge in [-0.3, -0.25) is 0 Å². The fourth-order valence-corrected chi connectivity index (χ4v) is 2.87. The van der Waals surface area contributed by atoms with E-state index in [0.717, 1.165) is 29.7 Å². The van der Waals surface area contributed by atoms with E-state index in [1.165, 1.54) is 0 Å². The van der Waals surface area contributed by atoms with Gasteiger partial charge in [-0.25, -0.2) is 4.79 Å². The molecule has 0 heterocycles. The van der Waals surface area contributed by atoms with Gasteiger partial charge in [-0.15, -0.1) is 0 Å². The van der Waals surface area contributed by atoms with Crippen molar-refractivity contribution >= 4 is 34.9 Å². The van der Waals surface area contributed by atoms with Gasteiger partial charge < -0.3 is 10.6 Å². The van der Waals surface area contributed by atoms with Gasteiger partial charge in [0.2, 0.25) is 0 Å². The van der Waals surface area contributed by atoms with Crippen LogP contribution in [0.25, 0.3) is 0 Å². The zero-order chi connectivity index (χ0) is 15.7. The summed E-state index contributed by atoms with van der Waals surface area (Å²) in [6.07, 6.45) is 1.86. The maximum atomic E-state index is 12.3. The van der Waals surface area contributed by atoms with Crippen LogP contribution in [-0.4, -0.2) is 6.03 Å². The largest absolute Gasteiger partial charge is 0.328 e. The van der Waals surface area contributed by atoms with Crippen LogP contribution in [0.1, 0.15) is 24.0 Å². The minimum Gasteiger partial charge on any atom is -0.328 e. The van der Waals surface area contributed by atoms with Crippen LogP contribution in [0.3, 0.4) is 0 Å². The number of carbonyl (C=O) groups is 1. The van der Waals surface area contributed by atoms with E-state index in [-0.39, 0.29) is 11.6 Å². The molecule has 0 unspecified atom stereocenters. The van der Waals surface area contributed by atoms with Gasteiger partial charge in [0.15, 0.2) is 0 Å². The van der Waals surface area contributed by atoms with Crippen molar-refractivity contribution in [3.63, 3.8) is 0 Å². The van der Waals surface area contributed by atoms with Gasteiger partial charge in [-0.05, 0) is 61.2 Å². The normalized spacial score (nSPS) is 15.2. The fraction of sp³-hybridized carbons (Fsp3) is 0.235. The van der Waals surface area contributed by atoms with E-state index < -0.39 is 0 Å². The van der Waals surface area contributed by atoms with E-state index in [1.54, 1.807) is 12.1 Å². The standard InChI is InChI=1S/C17H16Cl2N2O/c1-11-10-14(19)6-7-15(11)20-16(22)21-17(8-9-17)12-2-4-13(18)5-3-12/h2-7,10H,8-9H2,1H3,(H2,20,21,22). The van der Waals surface area contributed by atoms with E-state index in [0.29, 0.717) is 10.0 Å². The minimum absolute atomic E-state index is 0.210. The first-order valence-electron chi connectivity index (χ1n) is 7.10. The third-order valence-corrected chi connectivity index (χ3v) is 4.42. The number of hydrogen-bond acceptors (Lipinski definition) is 1. The lowest BCUT2D eigenvalue weighted by Gasteiger charge is -2.19. The van der Waals surface area contributed by atoms with Crippen LogP contribution >= 0.6 is 23.2 Å². The van der Waals surface area contributed by atoms with Crippen LogP contribution < -0.4 is 10.6 Å². The maximum Gasteiger partial charge on any atom is 0.319 e. The Kier molecular flexibility index (Phi) is 4.02. The van der Waals surface area contributed by atoms with Crippen molar-refractivity contribution in [1.82, 2.24) is 5.32 Å². The lowest BCUT2D eigenvalue weighted by atomic mass is 10.1. The number of nitrogens with one attached hydrogen (secondary N) is 2. The van der Waals surface area contributed by atoms with Crippen LogP contribution in [0.2, 0.25) is 10.0 Å². The number of hydrogen-bond donors (Lipinski definition) is 2. The molecular formula is C17H16Cl2N2O. The summed E-state index contributed by atoms with van der Waals surface area (Å²) in [5, 5.41) is 7.30. The Bertz CT molecular complexity index is 709. The summed E-state index contributed by atoms with van der Waals surface area (Å²) in [5.41, 5.74) is 2.50. The number of urea groups is 1. The van der Waals surface area contributed by atoms with E-state index in [2.05, 4.69) is 10.6 Å². The maximum absolute atomic E-state index is 12.3. The van der Waals surface area contributed by atoms with Crippen molar-refractivity contribution in [2.24, 2.45) is 0 Å². The Morgan fingerprint density at radius 1 is 1.05 bits per heavy atom. The van der Waals surface area contributed by atoms with Crippen molar-refractivity contribution in [3.05, 3.63) is 63.6 Å². The third-order valence-electron chi connectivity index (χ3n) is 3.94. The molecule has 114 valence electrons. The van der Waals surface area contributed by atoms with Gasteiger partial charge in [0.05, 0.1) is 5.54 Å². The fourth-order valence-electron chi connectivity index (χ4n) is 2.52. The second-order valence-electron chi connectivity index (χ2n) is 5.63. The molecule has 0 spiro atoms. The summed E-state index contributed by atoms with van der Waals surface area (Å²) in [7, 11) is 0. The summed E-state index contributed by atoms with van der Waals surface area (Å²) >= 11 is 11.8. The molecule has 2 N–H and O–H groups in total. The van der Waals surface area contributed by atoms with Crippen LogP contribution in [0, 0.1) is 6.92 Å². The van der Waals surface area contributed by atoms with Crippen molar-refractivity contribution in [2.45, 2.75) is 25.3 Å². The summed E-state index contributed by atoms with van der Waals surface area (Å²) < 4.78 is 0. The van der Waals surface area contributed by atoms with Gasteiger partial charge >= 0.3 is 6.03 Å². The summed E-state index contributed by atoms with van der Waals surface area (Å²) in [6, 6.07) is 12.8. The highest BCUT2D eigenvalue weighted by molar-refractivity contribution is 6.31. The quantitative estimate of drug-likeness (QED) is 0.804. The van der Waals surface area contributed by atoms with Crippen LogP contribution in [0.15, 0.2) is 42.5 Å². The molecule has 1 fully saturated rings. The number of halogens is 2. The molecular weight excluding hydrogens is 319 g/mol. The van der Waals surface area contributed by atoms with Crippen molar-refractivity contribution < 1.29 is 4.79 Å². The SMILES string of the molecule is Cc1cc(Cl)ccc1NC(=O)NC1(c2ccc(Cl)cc2)CC1. The molecule has 0 radical (unpaired) electrons. The Morgan fingerprint density at radius 3 is 2.27 bits per heavy atom. The molecule has 3 rings (SSSR count). The predicted molar refractivity (Wildman–Crippen MR) is 90.7 cm³/mol. The van der Waals surface area contributed by atoms with Crippen LogP contribution in [-0.2, 0) is 5.54 Å². The van der Waals surface area contributed by atoms with Crippen molar-refractivity contribution in [3.8, 4) is 0 Å². The summed E-state index contributed by atoms with van der Waals surface area (Å²) in [4.78, 5) is 12.3. The average molecular weight is 335 g/mol. The van der Waals surface area contributed by atoms with Crippen LogP contribution in [0.4, 0.5) is 10.5 Å². The molecule has 0 atom stereocenters. The predicted octanol–water partition coefficient (Wildman–Crippen LogP) is 5.11. The number of rotatable bonds is 3. The topological polar surface area (TPSA) is 41.1 Å². The highest BCUT2D eigenvalue weighted by Crippen LogP contribution is 2.45.